The van der Waals surface area contributed by atoms with E-state index in [1.165, 1.54) is 17.1 Å². The van der Waals surface area contributed by atoms with Gasteiger partial charge in [0.05, 0.1) is 5.69 Å². The fourth-order valence-corrected chi connectivity index (χ4v) is 3.89. The third kappa shape index (κ3) is 1.62. The number of benzene rings is 1. The average Bonchev–Trinajstić information content (AvgIpc) is 2.89. The van der Waals surface area contributed by atoms with E-state index in [4.69, 9.17) is 9.47 Å². The van der Waals surface area contributed by atoms with Crippen LogP contribution in [0.5, 0.6) is 23.3 Å². The lowest BCUT2D eigenvalue weighted by Crippen LogP contribution is -2.15. The van der Waals surface area contributed by atoms with Crippen molar-refractivity contribution in [1.82, 2.24) is 4.57 Å². The van der Waals surface area contributed by atoms with Crippen molar-refractivity contribution in [3.63, 3.8) is 0 Å². The smallest absolute Gasteiger partial charge is 0.202 e. The molecular formula is C18H15NO4. The Morgan fingerprint density at radius 1 is 0.870 bits per heavy atom. The molecule has 116 valence electrons. The molecule has 1 aliphatic heterocycles. The maximum absolute atomic E-state index is 10.7. The summed E-state index contributed by atoms with van der Waals surface area (Å²) in [7, 11) is 0. The van der Waals surface area contributed by atoms with Crippen molar-refractivity contribution in [3.05, 3.63) is 54.0 Å². The molecule has 1 aromatic carbocycles. The lowest BCUT2D eigenvalue weighted by molar-refractivity contribution is 0.360. The number of rotatable bonds is 1. The van der Waals surface area contributed by atoms with Crippen molar-refractivity contribution < 1.29 is 19.7 Å². The number of aromatic nitrogens is 1. The minimum Gasteiger partial charge on any atom is -0.494 e. The lowest BCUT2D eigenvalue weighted by atomic mass is 9.73. The first-order valence-corrected chi connectivity index (χ1v) is 7.71. The second-order valence-electron chi connectivity index (χ2n) is 6.12. The Morgan fingerprint density at radius 2 is 1.48 bits per heavy atom. The summed E-state index contributed by atoms with van der Waals surface area (Å²) in [6.45, 7) is 0. The van der Waals surface area contributed by atoms with Crippen LogP contribution in [-0.4, -0.2) is 14.8 Å². The van der Waals surface area contributed by atoms with Crippen LogP contribution >= 0.6 is 0 Å². The summed E-state index contributed by atoms with van der Waals surface area (Å²) in [5, 5.41) is 21.4. The van der Waals surface area contributed by atoms with Crippen molar-refractivity contribution in [2.75, 3.05) is 0 Å². The second-order valence-corrected chi connectivity index (χ2v) is 6.12. The van der Waals surface area contributed by atoms with Gasteiger partial charge in [-0.25, -0.2) is 0 Å². The molecule has 1 aromatic heterocycles. The van der Waals surface area contributed by atoms with E-state index in [-0.39, 0.29) is 23.6 Å². The van der Waals surface area contributed by atoms with E-state index in [0.29, 0.717) is 17.2 Å². The third-order valence-corrected chi connectivity index (χ3v) is 4.93. The van der Waals surface area contributed by atoms with Crippen molar-refractivity contribution in [2.24, 2.45) is 0 Å². The molecule has 0 saturated heterocycles. The maximum Gasteiger partial charge on any atom is 0.202 e. The van der Waals surface area contributed by atoms with Gasteiger partial charge in [0.1, 0.15) is 12.5 Å². The molecule has 23 heavy (non-hydrogen) atoms. The van der Waals surface area contributed by atoms with Crippen LogP contribution in [-0.2, 0) is 0 Å². The number of nitrogens with zero attached hydrogens (tertiary/aromatic N) is 1. The van der Waals surface area contributed by atoms with E-state index >= 15 is 0 Å². The highest BCUT2D eigenvalue weighted by Crippen LogP contribution is 2.54. The van der Waals surface area contributed by atoms with E-state index in [2.05, 4.69) is 12.2 Å². The number of fused-ring (bicyclic) bond motifs is 2. The van der Waals surface area contributed by atoms with Gasteiger partial charge < -0.3 is 19.7 Å². The first-order valence-electron chi connectivity index (χ1n) is 7.71. The quantitative estimate of drug-likeness (QED) is 0.789. The van der Waals surface area contributed by atoms with Gasteiger partial charge in [0, 0.05) is 29.0 Å². The van der Waals surface area contributed by atoms with Crippen molar-refractivity contribution >= 4 is 0 Å². The van der Waals surface area contributed by atoms with Crippen LogP contribution in [0.25, 0.3) is 5.69 Å². The van der Waals surface area contributed by atoms with Crippen LogP contribution in [0.2, 0.25) is 0 Å². The van der Waals surface area contributed by atoms with Crippen LogP contribution < -0.4 is 9.47 Å². The zero-order chi connectivity index (χ0) is 15.6. The van der Waals surface area contributed by atoms with E-state index in [9.17, 15) is 10.2 Å². The van der Waals surface area contributed by atoms with Gasteiger partial charge in [-0.2, -0.15) is 0 Å². The highest BCUT2D eigenvalue weighted by Gasteiger charge is 2.38. The molecule has 5 heteroatoms. The Bertz CT molecular complexity index is 840. The van der Waals surface area contributed by atoms with Gasteiger partial charge in [-0.05, 0) is 25.0 Å². The predicted molar refractivity (Wildman–Crippen MR) is 83.4 cm³/mol. The predicted octanol–water partition coefficient (Wildman–Crippen LogP) is 3.66. The Kier molecular flexibility index (Phi) is 2.40. The molecule has 2 N–H and O–H groups in total. The molecule has 4 aliphatic rings. The highest BCUT2D eigenvalue weighted by molar-refractivity contribution is 5.61. The first-order chi connectivity index (χ1) is 11.2. The number of ether oxygens (including phenoxy) is 2. The monoisotopic (exact) mass is 309 g/mol. The summed E-state index contributed by atoms with van der Waals surface area (Å²) < 4.78 is 12.3. The summed E-state index contributed by atoms with van der Waals surface area (Å²) in [5.41, 5.74) is 2.36. The van der Waals surface area contributed by atoms with Crippen LogP contribution in [0.4, 0.5) is 0 Å². The van der Waals surface area contributed by atoms with E-state index in [0.717, 1.165) is 24.0 Å². The van der Waals surface area contributed by atoms with Gasteiger partial charge in [0.15, 0.2) is 11.5 Å². The number of aromatic hydroxyl groups is 2. The van der Waals surface area contributed by atoms with Crippen LogP contribution in [0.3, 0.4) is 0 Å². The fraction of sp³-hybridized carbons (Fsp3) is 0.222. The standard InChI is InChI=1S/C18H15NO4/c20-17-15-10-1-2-11(4-3-10)16(15)18(21)19(17)12-5-6-13-14(9-12)23-8-7-22-13/h1-2,5-11,20-21H,3-4H2/t10-,11+. The number of allylic oxidation sites excluding steroid dienone is 2. The van der Waals surface area contributed by atoms with Crippen molar-refractivity contribution in [2.45, 2.75) is 24.7 Å². The molecule has 0 saturated carbocycles. The summed E-state index contributed by atoms with van der Waals surface area (Å²) in [6.07, 6.45) is 9.21. The molecule has 0 amide bonds. The zero-order valence-corrected chi connectivity index (χ0v) is 12.3. The van der Waals surface area contributed by atoms with E-state index in [1.54, 1.807) is 18.2 Å². The molecule has 0 fully saturated rings. The lowest BCUT2D eigenvalue weighted by Gasteiger charge is -2.30. The number of hydrogen-bond acceptors (Lipinski definition) is 4. The molecule has 2 bridgehead atoms. The van der Waals surface area contributed by atoms with Gasteiger partial charge in [0.25, 0.3) is 0 Å². The van der Waals surface area contributed by atoms with E-state index < -0.39 is 0 Å². The Balaban J connectivity index is 1.70. The van der Waals surface area contributed by atoms with Crippen molar-refractivity contribution in [1.29, 1.82) is 0 Å². The highest BCUT2D eigenvalue weighted by atomic mass is 16.5. The fourth-order valence-electron chi connectivity index (χ4n) is 3.89. The average molecular weight is 309 g/mol. The van der Waals surface area contributed by atoms with Gasteiger partial charge in [-0.15, -0.1) is 0 Å². The molecule has 0 radical (unpaired) electrons. The Morgan fingerprint density at radius 3 is 2.09 bits per heavy atom. The molecule has 5 nitrogen and oxygen atoms in total. The first kappa shape index (κ1) is 12.7. The van der Waals surface area contributed by atoms with Crippen LogP contribution in [0.15, 0.2) is 42.9 Å². The normalized spacial score (nSPS) is 23.1. The molecular weight excluding hydrogens is 294 g/mol. The van der Waals surface area contributed by atoms with Crippen LogP contribution in [0.1, 0.15) is 35.8 Å². The molecule has 2 atom stereocenters. The molecule has 2 heterocycles. The van der Waals surface area contributed by atoms with Gasteiger partial charge in [-0.3, -0.25) is 4.57 Å². The second kappa shape index (κ2) is 4.35. The minimum atomic E-state index is 0.115. The minimum absolute atomic E-state index is 0.115. The summed E-state index contributed by atoms with van der Waals surface area (Å²) in [5.74, 6) is 1.75. The van der Waals surface area contributed by atoms with Gasteiger partial charge in [0.2, 0.25) is 11.8 Å². The zero-order valence-electron chi connectivity index (χ0n) is 12.3. The SMILES string of the molecule is Oc1c2c(c(O)n1-c1ccc3c(c1)OC=CO3)[C@H]1C=C[C@@H]2CC1. The molecule has 6 rings (SSSR count). The molecule has 2 aromatic rings. The summed E-state index contributed by atoms with van der Waals surface area (Å²) >= 11 is 0. The van der Waals surface area contributed by atoms with Gasteiger partial charge in [-0.1, -0.05) is 12.2 Å². The molecule has 0 spiro atoms. The largest absolute Gasteiger partial charge is 0.494 e. The molecule has 0 unspecified atom stereocenters. The maximum atomic E-state index is 10.7. The third-order valence-electron chi connectivity index (χ3n) is 4.93. The number of hydrogen-bond donors (Lipinski definition) is 2. The van der Waals surface area contributed by atoms with Gasteiger partial charge >= 0.3 is 0 Å². The summed E-state index contributed by atoms with van der Waals surface area (Å²) in [6, 6.07) is 5.31. The molecule has 3 aliphatic carbocycles. The summed E-state index contributed by atoms with van der Waals surface area (Å²) in [4.78, 5) is 0. The van der Waals surface area contributed by atoms with Crippen LogP contribution in [0, 0.1) is 0 Å². The van der Waals surface area contributed by atoms with Crippen molar-refractivity contribution in [3.8, 4) is 28.9 Å². The van der Waals surface area contributed by atoms with E-state index in [1.807, 2.05) is 0 Å². The Hall–Kier alpha value is -2.82. The topological polar surface area (TPSA) is 63.9 Å². The Labute approximate surface area is 132 Å².